The molecule has 0 amide bonds. The summed E-state index contributed by atoms with van der Waals surface area (Å²) in [6, 6.07) is 14.5. The van der Waals surface area contributed by atoms with E-state index in [1.165, 1.54) is 11.1 Å². The van der Waals surface area contributed by atoms with E-state index in [1.807, 2.05) is 24.4 Å². The Kier molecular flexibility index (Phi) is 3.27. The average molecular weight is 288 g/mol. The fraction of sp³-hybridized carbons (Fsp3) is 0.167. The van der Waals surface area contributed by atoms with Gasteiger partial charge in [0.05, 0.1) is 5.69 Å². The zero-order valence-corrected chi connectivity index (χ0v) is 12.2. The monoisotopic (exact) mass is 288 g/mol. The van der Waals surface area contributed by atoms with E-state index >= 15 is 0 Å². The number of hydrogen-bond donors (Lipinski definition) is 0. The van der Waals surface area contributed by atoms with Crippen LogP contribution in [-0.4, -0.2) is 21.5 Å². The van der Waals surface area contributed by atoms with E-state index in [-0.39, 0.29) is 0 Å². The molecule has 4 heteroatoms. The molecule has 0 atom stereocenters. The largest absolute Gasteiger partial charge is 0.336 e. The fourth-order valence-electron chi connectivity index (χ4n) is 2.85. The number of hydrogen-bond acceptors (Lipinski definition) is 4. The van der Waals surface area contributed by atoms with Gasteiger partial charge in [-0.1, -0.05) is 24.3 Å². The third kappa shape index (κ3) is 2.44. The van der Waals surface area contributed by atoms with Gasteiger partial charge in [0.15, 0.2) is 0 Å². The third-order valence-electron chi connectivity index (χ3n) is 4.03. The van der Waals surface area contributed by atoms with Gasteiger partial charge in [-0.2, -0.15) is 0 Å². The van der Waals surface area contributed by atoms with Gasteiger partial charge in [0, 0.05) is 37.2 Å². The average Bonchev–Trinajstić information content (AvgIpc) is 2.62. The van der Waals surface area contributed by atoms with Crippen molar-refractivity contribution in [3.8, 4) is 11.3 Å². The number of pyridine rings is 1. The first-order valence-corrected chi connectivity index (χ1v) is 7.45. The predicted octanol–water partition coefficient (Wildman–Crippen LogP) is 3.10. The standard InChI is InChI=1S/C18H16N4/c1-2-4-16-13-22(12-8-14(16)3-1)18-20-11-7-17(21-18)15-5-9-19-10-6-15/h1-7,9-11H,8,12-13H2. The van der Waals surface area contributed by atoms with Crippen LogP contribution >= 0.6 is 0 Å². The number of fused-ring (bicyclic) bond motifs is 1. The predicted molar refractivity (Wildman–Crippen MR) is 86.5 cm³/mol. The first-order valence-electron chi connectivity index (χ1n) is 7.45. The molecular weight excluding hydrogens is 272 g/mol. The van der Waals surface area contributed by atoms with Gasteiger partial charge in [-0.05, 0) is 35.7 Å². The molecule has 0 saturated heterocycles. The Hall–Kier alpha value is -2.75. The van der Waals surface area contributed by atoms with Crippen LogP contribution in [-0.2, 0) is 13.0 Å². The van der Waals surface area contributed by atoms with Gasteiger partial charge in [0.25, 0.3) is 0 Å². The van der Waals surface area contributed by atoms with Crippen molar-refractivity contribution >= 4 is 5.95 Å². The van der Waals surface area contributed by atoms with Crippen LogP contribution in [0.4, 0.5) is 5.95 Å². The van der Waals surface area contributed by atoms with Crippen molar-refractivity contribution in [2.45, 2.75) is 13.0 Å². The first-order chi connectivity index (χ1) is 10.9. The van der Waals surface area contributed by atoms with E-state index in [9.17, 15) is 0 Å². The Morgan fingerprint density at radius 2 is 1.68 bits per heavy atom. The lowest BCUT2D eigenvalue weighted by Crippen LogP contribution is -2.31. The maximum absolute atomic E-state index is 4.73. The second-order valence-electron chi connectivity index (χ2n) is 5.42. The van der Waals surface area contributed by atoms with Gasteiger partial charge in [-0.25, -0.2) is 9.97 Å². The van der Waals surface area contributed by atoms with Crippen LogP contribution in [0.2, 0.25) is 0 Å². The van der Waals surface area contributed by atoms with Crippen LogP contribution in [0.25, 0.3) is 11.3 Å². The van der Waals surface area contributed by atoms with Gasteiger partial charge >= 0.3 is 0 Å². The van der Waals surface area contributed by atoms with E-state index in [0.29, 0.717) is 0 Å². The summed E-state index contributed by atoms with van der Waals surface area (Å²) in [5, 5.41) is 0. The molecule has 3 aromatic rings. The minimum Gasteiger partial charge on any atom is -0.336 e. The van der Waals surface area contributed by atoms with Gasteiger partial charge in [-0.3, -0.25) is 4.98 Å². The summed E-state index contributed by atoms with van der Waals surface area (Å²) in [6.45, 7) is 1.83. The quantitative estimate of drug-likeness (QED) is 0.726. The lowest BCUT2D eigenvalue weighted by Gasteiger charge is -2.28. The summed E-state index contributed by atoms with van der Waals surface area (Å²) in [5.74, 6) is 0.795. The topological polar surface area (TPSA) is 41.9 Å². The maximum Gasteiger partial charge on any atom is 0.226 e. The molecule has 0 saturated carbocycles. The van der Waals surface area contributed by atoms with E-state index in [4.69, 9.17) is 4.98 Å². The summed E-state index contributed by atoms with van der Waals surface area (Å²) in [6.07, 6.45) is 6.44. The van der Waals surface area contributed by atoms with Crippen LogP contribution in [0, 0.1) is 0 Å². The van der Waals surface area contributed by atoms with E-state index in [2.05, 4.69) is 39.1 Å². The van der Waals surface area contributed by atoms with Crippen LogP contribution in [0.15, 0.2) is 61.1 Å². The molecule has 1 aliphatic rings. The third-order valence-corrected chi connectivity index (χ3v) is 4.03. The number of nitrogens with zero attached hydrogens (tertiary/aromatic N) is 4. The molecule has 4 nitrogen and oxygen atoms in total. The molecule has 0 aliphatic carbocycles. The molecule has 1 aromatic carbocycles. The smallest absolute Gasteiger partial charge is 0.226 e. The Morgan fingerprint density at radius 1 is 0.864 bits per heavy atom. The normalized spacial score (nSPS) is 13.7. The summed E-state index contributed by atoms with van der Waals surface area (Å²) < 4.78 is 0. The molecule has 4 rings (SSSR count). The molecule has 2 aromatic heterocycles. The molecule has 0 spiro atoms. The number of benzene rings is 1. The zero-order valence-electron chi connectivity index (χ0n) is 12.2. The van der Waals surface area contributed by atoms with Crippen molar-refractivity contribution < 1.29 is 0 Å². The summed E-state index contributed by atoms with van der Waals surface area (Å²) >= 11 is 0. The molecule has 1 aliphatic heterocycles. The molecule has 22 heavy (non-hydrogen) atoms. The highest BCUT2D eigenvalue weighted by atomic mass is 15.2. The van der Waals surface area contributed by atoms with Gasteiger partial charge in [-0.15, -0.1) is 0 Å². The Labute approximate surface area is 129 Å². The van der Waals surface area contributed by atoms with Crippen molar-refractivity contribution in [3.63, 3.8) is 0 Å². The van der Waals surface area contributed by atoms with Crippen LogP contribution in [0.5, 0.6) is 0 Å². The van der Waals surface area contributed by atoms with Crippen molar-refractivity contribution in [2.75, 3.05) is 11.4 Å². The second-order valence-corrected chi connectivity index (χ2v) is 5.42. The highest BCUT2D eigenvalue weighted by Crippen LogP contribution is 2.23. The lowest BCUT2D eigenvalue weighted by atomic mass is 10.0. The van der Waals surface area contributed by atoms with Crippen molar-refractivity contribution in [2.24, 2.45) is 0 Å². The molecule has 0 fully saturated rings. The molecule has 0 unspecified atom stereocenters. The fourth-order valence-corrected chi connectivity index (χ4v) is 2.85. The Balaban J connectivity index is 1.64. The van der Waals surface area contributed by atoms with Crippen LogP contribution in [0.3, 0.4) is 0 Å². The highest BCUT2D eigenvalue weighted by Gasteiger charge is 2.18. The van der Waals surface area contributed by atoms with Crippen molar-refractivity contribution in [1.29, 1.82) is 0 Å². The first kappa shape index (κ1) is 13.0. The van der Waals surface area contributed by atoms with Crippen LogP contribution in [0.1, 0.15) is 11.1 Å². The van der Waals surface area contributed by atoms with Gasteiger partial charge in [0.2, 0.25) is 5.95 Å². The SMILES string of the molecule is c1ccc2c(c1)CCN(c1nccc(-c3ccncc3)n1)C2. The number of aromatic nitrogens is 3. The number of rotatable bonds is 2. The van der Waals surface area contributed by atoms with E-state index in [1.54, 1.807) is 12.4 Å². The van der Waals surface area contributed by atoms with Crippen molar-refractivity contribution in [1.82, 2.24) is 15.0 Å². The maximum atomic E-state index is 4.73. The lowest BCUT2D eigenvalue weighted by molar-refractivity contribution is 0.708. The minimum absolute atomic E-state index is 0.795. The summed E-state index contributed by atoms with van der Waals surface area (Å²) in [5.41, 5.74) is 4.80. The second kappa shape index (κ2) is 5.56. The van der Waals surface area contributed by atoms with Crippen molar-refractivity contribution in [3.05, 3.63) is 72.2 Å². The zero-order chi connectivity index (χ0) is 14.8. The summed E-state index contributed by atoms with van der Waals surface area (Å²) in [4.78, 5) is 15.5. The molecule has 0 bridgehead atoms. The molecule has 0 radical (unpaired) electrons. The molecule has 108 valence electrons. The number of anilines is 1. The molecule has 0 N–H and O–H groups in total. The Bertz CT molecular complexity index is 786. The molecule has 3 heterocycles. The van der Waals surface area contributed by atoms with Gasteiger partial charge in [0.1, 0.15) is 0 Å². The molecular formula is C18H16N4. The minimum atomic E-state index is 0.795. The van der Waals surface area contributed by atoms with Crippen LogP contribution < -0.4 is 4.90 Å². The summed E-state index contributed by atoms with van der Waals surface area (Å²) in [7, 11) is 0. The van der Waals surface area contributed by atoms with E-state index < -0.39 is 0 Å². The Morgan fingerprint density at radius 3 is 2.55 bits per heavy atom. The highest BCUT2D eigenvalue weighted by molar-refractivity contribution is 5.59. The van der Waals surface area contributed by atoms with E-state index in [0.717, 1.165) is 36.7 Å². The van der Waals surface area contributed by atoms with Gasteiger partial charge < -0.3 is 4.90 Å².